The maximum atomic E-state index is 14.0. The quantitative estimate of drug-likeness (QED) is 0.809. The molecule has 0 bridgehead atoms. The number of hydrogen-bond acceptors (Lipinski definition) is 3. The molecule has 0 aliphatic carbocycles. The molecule has 0 spiro atoms. The summed E-state index contributed by atoms with van der Waals surface area (Å²) in [5, 5.41) is 4.15. The third-order valence-electron chi connectivity index (χ3n) is 4.91. The zero-order valence-electron chi connectivity index (χ0n) is 14.6. The predicted molar refractivity (Wildman–Crippen MR) is 94.4 cm³/mol. The molecule has 0 unspecified atom stereocenters. The first kappa shape index (κ1) is 17.6. The van der Waals surface area contributed by atoms with Gasteiger partial charge in [-0.2, -0.15) is 5.10 Å². The van der Waals surface area contributed by atoms with E-state index in [-0.39, 0.29) is 17.8 Å². The van der Waals surface area contributed by atoms with Crippen molar-refractivity contribution in [3.63, 3.8) is 0 Å². The number of carbonyl (C=O) groups is 1. The van der Waals surface area contributed by atoms with Gasteiger partial charge in [0.05, 0.1) is 0 Å². The maximum absolute atomic E-state index is 14.0. The fourth-order valence-electron chi connectivity index (χ4n) is 3.35. The Morgan fingerprint density at radius 2 is 1.96 bits per heavy atom. The van der Waals surface area contributed by atoms with Crippen molar-refractivity contribution in [3.8, 4) is 0 Å². The molecule has 134 valence electrons. The first-order valence-electron chi connectivity index (χ1n) is 8.89. The highest BCUT2D eigenvalue weighted by atomic mass is 19.1. The SMILES string of the molecule is C[C@@H](c1ccccc1F)N1CCN(C(=O)CCCn2cccn2)CC1. The number of nitrogens with zero attached hydrogens (tertiary/aromatic N) is 4. The summed E-state index contributed by atoms with van der Waals surface area (Å²) in [6, 6.07) is 8.84. The molecule has 0 radical (unpaired) electrons. The van der Waals surface area contributed by atoms with Crippen LogP contribution in [-0.2, 0) is 11.3 Å². The van der Waals surface area contributed by atoms with Gasteiger partial charge in [-0.05, 0) is 25.5 Å². The molecule has 0 saturated carbocycles. The minimum atomic E-state index is -0.160. The van der Waals surface area contributed by atoms with Crippen LogP contribution in [0.2, 0.25) is 0 Å². The van der Waals surface area contributed by atoms with Crippen molar-refractivity contribution in [1.82, 2.24) is 19.6 Å². The van der Waals surface area contributed by atoms with Gasteiger partial charge < -0.3 is 4.90 Å². The number of aromatic nitrogens is 2. The molecule has 3 rings (SSSR count). The molecule has 1 fully saturated rings. The van der Waals surface area contributed by atoms with Crippen LogP contribution in [0.25, 0.3) is 0 Å². The van der Waals surface area contributed by atoms with Crippen molar-refractivity contribution < 1.29 is 9.18 Å². The van der Waals surface area contributed by atoms with Gasteiger partial charge in [0, 0.05) is 63.1 Å². The number of piperazine rings is 1. The van der Waals surface area contributed by atoms with Crippen LogP contribution in [0, 0.1) is 5.82 Å². The van der Waals surface area contributed by atoms with Gasteiger partial charge >= 0.3 is 0 Å². The van der Waals surface area contributed by atoms with Crippen LogP contribution in [0.15, 0.2) is 42.7 Å². The smallest absolute Gasteiger partial charge is 0.222 e. The normalized spacial score (nSPS) is 16.8. The molecule has 0 N–H and O–H groups in total. The minimum absolute atomic E-state index is 0.0262. The highest BCUT2D eigenvalue weighted by Crippen LogP contribution is 2.24. The largest absolute Gasteiger partial charge is 0.340 e. The van der Waals surface area contributed by atoms with E-state index in [1.165, 1.54) is 6.07 Å². The van der Waals surface area contributed by atoms with Crippen LogP contribution in [0.3, 0.4) is 0 Å². The van der Waals surface area contributed by atoms with E-state index in [1.807, 2.05) is 40.9 Å². The highest BCUT2D eigenvalue weighted by Gasteiger charge is 2.25. The van der Waals surface area contributed by atoms with Crippen molar-refractivity contribution in [2.24, 2.45) is 0 Å². The van der Waals surface area contributed by atoms with Crippen molar-refractivity contribution in [3.05, 3.63) is 54.1 Å². The lowest BCUT2D eigenvalue weighted by Crippen LogP contribution is -2.49. The van der Waals surface area contributed by atoms with Gasteiger partial charge in [0.2, 0.25) is 5.91 Å². The third kappa shape index (κ3) is 4.45. The summed E-state index contributed by atoms with van der Waals surface area (Å²) in [6.45, 7) is 5.77. The first-order chi connectivity index (χ1) is 12.1. The third-order valence-corrected chi connectivity index (χ3v) is 4.91. The van der Waals surface area contributed by atoms with Gasteiger partial charge in [0.1, 0.15) is 5.82 Å². The van der Waals surface area contributed by atoms with E-state index >= 15 is 0 Å². The molecule has 1 saturated heterocycles. The minimum Gasteiger partial charge on any atom is -0.340 e. The fraction of sp³-hybridized carbons (Fsp3) is 0.474. The molecule has 2 aromatic rings. The number of halogens is 1. The first-order valence-corrected chi connectivity index (χ1v) is 8.89. The predicted octanol–water partition coefficient (Wildman–Crippen LogP) is 2.71. The van der Waals surface area contributed by atoms with Gasteiger partial charge in [-0.15, -0.1) is 0 Å². The number of benzene rings is 1. The van der Waals surface area contributed by atoms with Crippen LogP contribution >= 0.6 is 0 Å². The summed E-state index contributed by atoms with van der Waals surface area (Å²) in [6.07, 6.45) is 5.00. The standard InChI is InChI=1S/C19H25FN4O/c1-16(17-6-2-3-7-18(17)20)22-12-14-23(15-13-22)19(25)8-4-10-24-11-5-9-21-24/h2-3,5-7,9,11,16H,4,8,10,12-15H2,1H3/t16-/m0/s1. The van der Waals surface area contributed by atoms with Gasteiger partial charge in [-0.1, -0.05) is 18.2 Å². The van der Waals surface area contributed by atoms with Crippen molar-refractivity contribution >= 4 is 5.91 Å². The molecule has 1 amide bonds. The number of amides is 1. The summed E-state index contributed by atoms with van der Waals surface area (Å²) >= 11 is 0. The monoisotopic (exact) mass is 344 g/mol. The van der Waals surface area contributed by atoms with E-state index in [0.717, 1.165) is 31.6 Å². The second-order valence-electron chi connectivity index (χ2n) is 6.49. The van der Waals surface area contributed by atoms with E-state index < -0.39 is 0 Å². The van der Waals surface area contributed by atoms with Crippen molar-refractivity contribution in [2.45, 2.75) is 32.4 Å². The molecule has 25 heavy (non-hydrogen) atoms. The molecule has 1 aliphatic rings. The van der Waals surface area contributed by atoms with Gasteiger partial charge in [-0.3, -0.25) is 14.4 Å². The van der Waals surface area contributed by atoms with Crippen molar-refractivity contribution in [1.29, 1.82) is 0 Å². The van der Waals surface area contributed by atoms with Gasteiger partial charge in [0.15, 0.2) is 0 Å². The topological polar surface area (TPSA) is 41.4 Å². The molecule has 1 atom stereocenters. The number of hydrogen-bond donors (Lipinski definition) is 0. The molecular weight excluding hydrogens is 319 g/mol. The summed E-state index contributed by atoms with van der Waals surface area (Å²) in [5.74, 6) is 0.0393. The molecular formula is C19H25FN4O. The number of carbonyl (C=O) groups excluding carboxylic acids is 1. The van der Waals surface area contributed by atoms with Crippen molar-refractivity contribution in [2.75, 3.05) is 26.2 Å². The Morgan fingerprint density at radius 3 is 2.64 bits per heavy atom. The number of aryl methyl sites for hydroxylation is 1. The lowest BCUT2D eigenvalue weighted by atomic mass is 10.1. The second-order valence-corrected chi connectivity index (χ2v) is 6.49. The summed E-state index contributed by atoms with van der Waals surface area (Å²) < 4.78 is 15.8. The van der Waals surface area contributed by atoms with E-state index in [9.17, 15) is 9.18 Å². The summed E-state index contributed by atoms with van der Waals surface area (Å²) in [4.78, 5) is 16.5. The van der Waals surface area contributed by atoms with Crippen LogP contribution in [0.4, 0.5) is 4.39 Å². The Hall–Kier alpha value is -2.21. The maximum Gasteiger partial charge on any atom is 0.222 e. The van der Waals surface area contributed by atoms with E-state index in [1.54, 1.807) is 12.3 Å². The molecule has 1 aliphatic heterocycles. The summed E-state index contributed by atoms with van der Waals surface area (Å²) in [5.41, 5.74) is 0.724. The Morgan fingerprint density at radius 1 is 1.20 bits per heavy atom. The Kier molecular flexibility index (Phi) is 5.81. The van der Waals surface area contributed by atoms with Crippen LogP contribution in [0.1, 0.15) is 31.4 Å². The molecule has 2 heterocycles. The summed E-state index contributed by atoms with van der Waals surface area (Å²) in [7, 11) is 0. The molecule has 6 heteroatoms. The molecule has 5 nitrogen and oxygen atoms in total. The Labute approximate surface area is 148 Å². The fourth-order valence-corrected chi connectivity index (χ4v) is 3.35. The van der Waals surface area contributed by atoms with E-state index in [4.69, 9.17) is 0 Å². The van der Waals surface area contributed by atoms with Gasteiger partial charge in [-0.25, -0.2) is 4.39 Å². The molecule has 1 aromatic heterocycles. The van der Waals surface area contributed by atoms with E-state index in [2.05, 4.69) is 10.00 Å². The van der Waals surface area contributed by atoms with Gasteiger partial charge in [0.25, 0.3) is 0 Å². The highest BCUT2D eigenvalue weighted by molar-refractivity contribution is 5.76. The Bertz CT molecular complexity index is 680. The number of rotatable bonds is 6. The zero-order chi connectivity index (χ0) is 17.6. The second kappa shape index (κ2) is 8.25. The zero-order valence-corrected chi connectivity index (χ0v) is 14.6. The average Bonchev–Trinajstić information content (AvgIpc) is 3.15. The lowest BCUT2D eigenvalue weighted by molar-refractivity contribution is -0.133. The van der Waals surface area contributed by atoms with Crippen LogP contribution < -0.4 is 0 Å². The average molecular weight is 344 g/mol. The Balaban J connectivity index is 1.45. The van der Waals surface area contributed by atoms with Crippen LogP contribution in [0.5, 0.6) is 0 Å². The van der Waals surface area contributed by atoms with E-state index in [0.29, 0.717) is 19.5 Å². The molecule has 1 aromatic carbocycles. The lowest BCUT2D eigenvalue weighted by Gasteiger charge is -2.38. The van der Waals surface area contributed by atoms with Crippen LogP contribution in [-0.4, -0.2) is 51.7 Å².